The summed E-state index contributed by atoms with van der Waals surface area (Å²) in [6.45, 7) is 44.6. The topological polar surface area (TPSA) is 172 Å². The van der Waals surface area contributed by atoms with Crippen molar-refractivity contribution in [3.05, 3.63) is 133 Å². The molecule has 0 radical (unpaired) electrons. The Labute approximate surface area is 484 Å². The van der Waals surface area contributed by atoms with Gasteiger partial charge in [0.25, 0.3) is 5.91 Å². The summed E-state index contributed by atoms with van der Waals surface area (Å²) in [5.41, 5.74) is 6.53. The average Bonchev–Trinajstić information content (AvgIpc) is 4.00. The van der Waals surface area contributed by atoms with Crippen molar-refractivity contribution in [3.8, 4) is 0 Å². The van der Waals surface area contributed by atoms with Gasteiger partial charge in [-0.1, -0.05) is 125 Å². The maximum atomic E-state index is 11.9. The molecule has 2 heterocycles. The second-order valence-corrected chi connectivity index (χ2v) is 32.3. The molecule has 1 saturated heterocycles. The molecule has 78 heavy (non-hydrogen) atoms. The second-order valence-electron chi connectivity index (χ2n) is 25.5. The quantitative estimate of drug-likeness (QED) is 0.140. The maximum Gasteiger partial charge on any atom is 0.251 e. The number of aryl methyl sites for hydroxylation is 3. The van der Waals surface area contributed by atoms with Gasteiger partial charge < -0.3 is 5.32 Å². The van der Waals surface area contributed by atoms with Gasteiger partial charge in [0, 0.05) is 56.5 Å². The van der Waals surface area contributed by atoms with E-state index in [4.69, 9.17) is 23.2 Å². The number of benzene rings is 4. The van der Waals surface area contributed by atoms with Crippen LogP contribution >= 0.6 is 34.5 Å². The lowest BCUT2D eigenvalue weighted by Gasteiger charge is -2.31. The molecular weight excluding hydrogens is 1080 g/mol. The van der Waals surface area contributed by atoms with Crippen LogP contribution in [0.5, 0.6) is 0 Å². The molecule has 1 aliphatic rings. The molecule has 436 valence electrons. The van der Waals surface area contributed by atoms with Crippen LogP contribution in [0.25, 0.3) is 10.2 Å². The number of hydrogen-bond acceptors (Lipinski definition) is 10. The Morgan fingerprint density at radius 3 is 1.46 bits per heavy atom. The van der Waals surface area contributed by atoms with Gasteiger partial charge in [0.05, 0.1) is 24.7 Å². The summed E-state index contributed by atoms with van der Waals surface area (Å²) >= 11 is 13.7. The van der Waals surface area contributed by atoms with E-state index in [1.165, 1.54) is 68.9 Å². The summed E-state index contributed by atoms with van der Waals surface area (Å²) in [7, 11) is -6.75. The zero-order valence-corrected chi connectivity index (χ0v) is 54.8. The van der Waals surface area contributed by atoms with E-state index >= 15 is 0 Å². The van der Waals surface area contributed by atoms with Crippen LogP contribution in [0.4, 0.5) is 0 Å². The largest absolute Gasteiger partial charge is 0.347 e. The predicted molar refractivity (Wildman–Crippen MR) is 331 cm³/mol. The highest BCUT2D eigenvalue weighted by Crippen LogP contribution is 2.31. The number of amides is 2. The van der Waals surface area contributed by atoms with Gasteiger partial charge in [0.2, 0.25) is 26.0 Å². The smallest absolute Gasteiger partial charge is 0.251 e. The summed E-state index contributed by atoms with van der Waals surface area (Å²) in [4.78, 5) is 41.2. The van der Waals surface area contributed by atoms with E-state index in [1.54, 1.807) is 50.3 Å². The van der Waals surface area contributed by atoms with Crippen molar-refractivity contribution >= 4 is 82.4 Å². The SMILES string of the molecule is CC(=O)NS(=O)(=O)C(C)(C)C.CC(C)(C)N1CCCC1.CC(C)(C)c1nc2ccccc2s1.Cc1ccc(C(=O)C(C)(C)C)cc1Cl.Cc1ccc(C(=O)NC(C)(C)C)cc1Cl.Cc1ccc(CNS(=O)(=O)C(C)(C)C)cc1. The highest BCUT2D eigenvalue weighted by molar-refractivity contribution is 7.91. The third kappa shape index (κ3) is 25.9. The summed E-state index contributed by atoms with van der Waals surface area (Å²) < 4.78 is 49.9. The van der Waals surface area contributed by atoms with E-state index in [0.717, 1.165) is 22.2 Å². The number of carbonyl (C=O) groups excluding carboxylic acids is 3. The molecule has 0 aliphatic carbocycles. The molecule has 1 aromatic heterocycles. The molecule has 0 spiro atoms. The van der Waals surface area contributed by atoms with Gasteiger partial charge >= 0.3 is 0 Å². The number of sulfonamides is 2. The van der Waals surface area contributed by atoms with Crippen molar-refractivity contribution in [2.45, 2.75) is 198 Å². The van der Waals surface area contributed by atoms with Crippen molar-refractivity contribution < 1.29 is 31.2 Å². The molecule has 0 saturated carbocycles. The summed E-state index contributed by atoms with van der Waals surface area (Å²) in [5, 5.41) is 5.38. The molecule has 6 rings (SSSR count). The van der Waals surface area contributed by atoms with Gasteiger partial charge in [0.15, 0.2) is 5.78 Å². The number of halogens is 2. The van der Waals surface area contributed by atoms with Crippen molar-refractivity contribution in [1.29, 1.82) is 0 Å². The molecule has 12 nitrogen and oxygen atoms in total. The highest BCUT2D eigenvalue weighted by Gasteiger charge is 2.30. The molecule has 4 aromatic carbocycles. The molecule has 1 aliphatic heterocycles. The van der Waals surface area contributed by atoms with Crippen LogP contribution in [0.15, 0.2) is 84.9 Å². The molecule has 2 amide bonds. The zero-order chi connectivity index (χ0) is 60.6. The fraction of sp³-hybridized carbons (Fsp3) is 0.541. The summed E-state index contributed by atoms with van der Waals surface area (Å²) in [6.07, 6.45) is 2.80. The van der Waals surface area contributed by atoms with Crippen molar-refractivity contribution in [2.75, 3.05) is 13.1 Å². The molecule has 17 heteroatoms. The van der Waals surface area contributed by atoms with Crippen LogP contribution in [0.2, 0.25) is 10.0 Å². The van der Waals surface area contributed by atoms with Gasteiger partial charge in [-0.05, 0) is 177 Å². The van der Waals surface area contributed by atoms with Gasteiger partial charge in [0.1, 0.15) is 0 Å². The van der Waals surface area contributed by atoms with E-state index in [2.05, 4.69) is 79.7 Å². The Balaban J connectivity index is 0.000000472. The van der Waals surface area contributed by atoms with Crippen LogP contribution in [-0.4, -0.2) is 78.0 Å². The molecule has 0 unspecified atom stereocenters. The number of ketones is 1. The van der Waals surface area contributed by atoms with Crippen molar-refractivity contribution in [3.63, 3.8) is 0 Å². The first-order valence-corrected chi connectivity index (χ1v) is 30.8. The van der Waals surface area contributed by atoms with Gasteiger partial charge in [-0.15, -0.1) is 11.3 Å². The fourth-order valence-corrected chi connectivity index (χ4v) is 9.20. The van der Waals surface area contributed by atoms with Crippen molar-refractivity contribution in [1.82, 2.24) is 24.6 Å². The first kappa shape index (κ1) is 71.8. The number of aromatic nitrogens is 1. The van der Waals surface area contributed by atoms with Gasteiger partial charge in [-0.3, -0.25) is 24.0 Å². The first-order chi connectivity index (χ1) is 35.2. The van der Waals surface area contributed by atoms with E-state index in [1.807, 2.05) is 116 Å². The van der Waals surface area contributed by atoms with Gasteiger partial charge in [-0.25, -0.2) is 26.5 Å². The van der Waals surface area contributed by atoms with E-state index < -0.39 is 35.4 Å². The molecular formula is C61H93Cl2N5O7S3. The predicted octanol–water partition coefficient (Wildman–Crippen LogP) is 15.0. The van der Waals surface area contributed by atoms with Crippen LogP contribution in [0, 0.1) is 26.2 Å². The Hall–Kier alpha value is -4.22. The standard InChI is InChI=1S/C12H16ClNO.C12H15ClO.C12H19NO2S.C11H13NS.C8H17N.C6H13NO3S/c1-8-5-6-9(7-10(8)13)11(15)14-12(2,3)4;1-8-5-6-9(7-10(8)13)11(14)12(2,3)4;1-10-5-7-11(8-6-10)9-13-16(14,15)12(2,3)4;1-11(2,3)10-12-8-6-4-5-7-9(8)13-10;1-8(2,3)9-6-4-5-7-9;1-5(8)7-11(9,10)6(2,3)4/h5-7H,1-4H3,(H,14,15);5-7H,1-4H3;5-8,13H,9H2,1-4H3;4-7H,1-3H3;4-7H2,1-3H3;1-4H3,(H,7,8). The lowest BCUT2D eigenvalue weighted by atomic mass is 9.86. The first-order valence-electron chi connectivity index (χ1n) is 26.3. The lowest BCUT2D eigenvalue weighted by Crippen LogP contribution is -2.41. The number of para-hydroxylation sites is 1. The van der Waals surface area contributed by atoms with Crippen LogP contribution in [0.1, 0.15) is 192 Å². The Kier molecular flexibility index (Phi) is 27.1. The molecule has 5 aromatic rings. The third-order valence-electron chi connectivity index (χ3n) is 11.5. The number of thiazole rings is 1. The Bertz CT molecular complexity index is 2930. The van der Waals surface area contributed by atoms with E-state index in [-0.39, 0.29) is 28.1 Å². The van der Waals surface area contributed by atoms with Gasteiger partial charge in [-0.2, -0.15) is 0 Å². The zero-order valence-electron chi connectivity index (χ0n) is 50.9. The monoisotopic (exact) mass is 1170 g/mol. The fourth-order valence-electron chi connectivity index (χ4n) is 6.34. The number of fused-ring (bicyclic) bond motifs is 1. The van der Waals surface area contributed by atoms with Crippen LogP contribution < -0.4 is 14.8 Å². The number of rotatable bonds is 6. The number of nitrogens with zero attached hydrogens (tertiary/aromatic N) is 2. The minimum Gasteiger partial charge on any atom is -0.347 e. The number of carbonyl (C=O) groups is 3. The number of Topliss-reactive ketones (excluding diaryl/α,β-unsaturated/α-hetero) is 1. The summed E-state index contributed by atoms with van der Waals surface area (Å²) in [6, 6.07) is 26.9. The van der Waals surface area contributed by atoms with Crippen molar-refractivity contribution in [2.24, 2.45) is 5.41 Å². The lowest BCUT2D eigenvalue weighted by molar-refractivity contribution is -0.117. The minimum absolute atomic E-state index is 0.0931. The molecule has 0 bridgehead atoms. The third-order valence-corrected chi connectivity index (χ3v) is 18.1. The highest BCUT2D eigenvalue weighted by atomic mass is 35.5. The molecule has 1 fully saturated rings. The van der Waals surface area contributed by atoms with E-state index in [9.17, 15) is 31.2 Å². The second kappa shape index (κ2) is 29.5. The normalized spacial score (nSPS) is 13.3. The summed E-state index contributed by atoms with van der Waals surface area (Å²) in [5.74, 6) is -0.524. The number of likely N-dealkylation sites (tertiary alicyclic amines) is 1. The number of hydrogen-bond donors (Lipinski definition) is 3. The number of nitrogens with one attached hydrogen (secondary N) is 3. The average molecular weight is 1180 g/mol. The van der Waals surface area contributed by atoms with E-state index in [0.29, 0.717) is 33.3 Å². The minimum atomic E-state index is -3.50. The maximum absolute atomic E-state index is 11.9. The Morgan fingerprint density at radius 2 is 1.09 bits per heavy atom. The Morgan fingerprint density at radius 1 is 0.628 bits per heavy atom. The molecule has 3 N–H and O–H groups in total. The van der Waals surface area contributed by atoms with Crippen LogP contribution in [0.3, 0.4) is 0 Å². The molecule has 0 atom stereocenters. The van der Waals surface area contributed by atoms with Crippen LogP contribution in [-0.2, 0) is 36.8 Å².